The lowest BCUT2D eigenvalue weighted by Gasteiger charge is -2.14. The number of benzene rings is 1. The highest BCUT2D eigenvalue weighted by atomic mass is 16.3. The van der Waals surface area contributed by atoms with E-state index in [1.807, 2.05) is 24.4 Å². The standard InChI is InChI=1S/C18H23N3O2/c22-16-8-4-7-15(16)18(23)20-10-9-17-19-11-12-21(17)13-14-5-2-1-3-6-14/h1-3,5-6,11-12,15-16,22H,4,7-10,13H2,(H,20,23). The van der Waals surface area contributed by atoms with Gasteiger partial charge in [-0.1, -0.05) is 30.3 Å². The number of amides is 1. The predicted molar refractivity (Wildman–Crippen MR) is 87.8 cm³/mol. The Morgan fingerprint density at radius 3 is 2.87 bits per heavy atom. The van der Waals surface area contributed by atoms with Gasteiger partial charge in [-0.15, -0.1) is 0 Å². The molecule has 1 aliphatic rings. The fourth-order valence-electron chi connectivity index (χ4n) is 3.17. The number of nitrogens with zero attached hydrogens (tertiary/aromatic N) is 2. The first-order chi connectivity index (χ1) is 11.2. The fraction of sp³-hybridized carbons (Fsp3) is 0.444. The average molecular weight is 313 g/mol. The minimum absolute atomic E-state index is 0.0313. The van der Waals surface area contributed by atoms with E-state index in [2.05, 4.69) is 27.0 Å². The van der Waals surface area contributed by atoms with Crippen LogP contribution in [0.4, 0.5) is 0 Å². The monoisotopic (exact) mass is 313 g/mol. The summed E-state index contributed by atoms with van der Waals surface area (Å²) >= 11 is 0. The lowest BCUT2D eigenvalue weighted by Crippen LogP contribution is -2.36. The van der Waals surface area contributed by atoms with Crippen LogP contribution in [0.5, 0.6) is 0 Å². The summed E-state index contributed by atoms with van der Waals surface area (Å²) in [6.45, 7) is 1.33. The second-order valence-electron chi connectivity index (χ2n) is 6.10. The predicted octanol–water partition coefficient (Wildman–Crippen LogP) is 1.75. The number of hydrogen-bond donors (Lipinski definition) is 2. The molecule has 5 heteroatoms. The summed E-state index contributed by atoms with van der Waals surface area (Å²) in [6.07, 6.45) is 6.42. The third-order valence-electron chi connectivity index (χ3n) is 4.46. The molecule has 0 saturated heterocycles. The summed E-state index contributed by atoms with van der Waals surface area (Å²) in [6, 6.07) is 10.2. The Morgan fingerprint density at radius 1 is 1.30 bits per heavy atom. The van der Waals surface area contributed by atoms with Crippen molar-refractivity contribution in [3.8, 4) is 0 Å². The molecule has 1 aromatic carbocycles. The second-order valence-corrected chi connectivity index (χ2v) is 6.10. The Labute approximate surface area is 136 Å². The minimum atomic E-state index is -0.477. The van der Waals surface area contributed by atoms with Crippen LogP contribution >= 0.6 is 0 Å². The number of aromatic nitrogens is 2. The van der Waals surface area contributed by atoms with Crippen molar-refractivity contribution in [2.24, 2.45) is 5.92 Å². The zero-order valence-corrected chi connectivity index (χ0v) is 13.2. The highest BCUT2D eigenvalue weighted by Crippen LogP contribution is 2.25. The summed E-state index contributed by atoms with van der Waals surface area (Å²) in [5.41, 5.74) is 1.23. The van der Waals surface area contributed by atoms with Crippen LogP contribution in [0.15, 0.2) is 42.7 Å². The second kappa shape index (κ2) is 7.42. The molecule has 0 bridgehead atoms. The molecule has 0 spiro atoms. The zero-order valence-electron chi connectivity index (χ0n) is 13.2. The maximum atomic E-state index is 12.1. The molecule has 1 amide bonds. The SMILES string of the molecule is O=C(NCCc1nccn1Cc1ccccc1)C1CCCC1O. The zero-order chi connectivity index (χ0) is 16.1. The Hall–Kier alpha value is -2.14. The molecule has 1 saturated carbocycles. The van der Waals surface area contributed by atoms with E-state index in [0.717, 1.165) is 31.6 Å². The van der Waals surface area contributed by atoms with Crippen molar-refractivity contribution in [1.29, 1.82) is 0 Å². The van der Waals surface area contributed by atoms with Crippen molar-refractivity contribution in [2.45, 2.75) is 38.3 Å². The fourth-order valence-corrected chi connectivity index (χ4v) is 3.17. The van der Waals surface area contributed by atoms with Crippen molar-refractivity contribution >= 4 is 5.91 Å². The van der Waals surface area contributed by atoms with Crippen molar-refractivity contribution in [2.75, 3.05) is 6.54 Å². The van der Waals surface area contributed by atoms with Gasteiger partial charge in [-0.3, -0.25) is 4.79 Å². The molecule has 3 rings (SSSR count). The number of aliphatic hydroxyl groups excluding tert-OH is 1. The summed E-state index contributed by atoms with van der Waals surface area (Å²) in [5, 5.41) is 12.7. The Balaban J connectivity index is 1.51. The van der Waals surface area contributed by atoms with Gasteiger partial charge in [0.05, 0.1) is 12.0 Å². The molecule has 2 aromatic rings. The van der Waals surface area contributed by atoms with Crippen LogP contribution in [-0.4, -0.2) is 33.2 Å². The van der Waals surface area contributed by atoms with Gasteiger partial charge in [0, 0.05) is 31.9 Å². The van der Waals surface area contributed by atoms with Crippen LogP contribution in [0.3, 0.4) is 0 Å². The van der Waals surface area contributed by atoms with E-state index in [-0.39, 0.29) is 11.8 Å². The van der Waals surface area contributed by atoms with Crippen molar-refractivity contribution in [3.05, 3.63) is 54.1 Å². The number of imidazole rings is 1. The van der Waals surface area contributed by atoms with Crippen LogP contribution in [0.25, 0.3) is 0 Å². The summed E-state index contributed by atoms with van der Waals surface area (Å²) < 4.78 is 2.10. The normalized spacial score (nSPS) is 20.6. The number of aliphatic hydroxyl groups is 1. The molecule has 2 atom stereocenters. The third kappa shape index (κ3) is 3.99. The van der Waals surface area contributed by atoms with Gasteiger partial charge in [-0.25, -0.2) is 4.98 Å². The topological polar surface area (TPSA) is 67.2 Å². The quantitative estimate of drug-likeness (QED) is 0.854. The number of nitrogens with one attached hydrogen (secondary N) is 1. The van der Waals surface area contributed by atoms with Gasteiger partial charge >= 0.3 is 0 Å². The first kappa shape index (κ1) is 15.7. The van der Waals surface area contributed by atoms with Crippen LogP contribution < -0.4 is 5.32 Å². The van der Waals surface area contributed by atoms with E-state index in [9.17, 15) is 9.90 Å². The minimum Gasteiger partial charge on any atom is -0.392 e. The highest BCUT2D eigenvalue weighted by molar-refractivity contribution is 5.79. The van der Waals surface area contributed by atoms with Gasteiger partial charge in [0.25, 0.3) is 0 Å². The molecule has 23 heavy (non-hydrogen) atoms. The number of hydrogen-bond acceptors (Lipinski definition) is 3. The maximum absolute atomic E-state index is 12.1. The summed E-state index contributed by atoms with van der Waals surface area (Å²) in [5.74, 6) is 0.691. The lowest BCUT2D eigenvalue weighted by atomic mass is 10.1. The molecular weight excluding hydrogens is 290 g/mol. The molecule has 0 radical (unpaired) electrons. The van der Waals surface area contributed by atoms with E-state index in [4.69, 9.17) is 0 Å². The largest absolute Gasteiger partial charge is 0.392 e. The lowest BCUT2D eigenvalue weighted by molar-refractivity contribution is -0.127. The van der Waals surface area contributed by atoms with Crippen LogP contribution in [0.2, 0.25) is 0 Å². The van der Waals surface area contributed by atoms with Crippen LogP contribution in [0, 0.1) is 5.92 Å². The van der Waals surface area contributed by atoms with E-state index >= 15 is 0 Å². The molecule has 1 fully saturated rings. The van der Waals surface area contributed by atoms with Gasteiger partial charge in [0.1, 0.15) is 5.82 Å². The average Bonchev–Trinajstić information content (AvgIpc) is 3.17. The number of carbonyl (C=O) groups is 1. The third-order valence-corrected chi connectivity index (χ3v) is 4.46. The molecule has 2 unspecified atom stereocenters. The van der Waals surface area contributed by atoms with E-state index < -0.39 is 6.10 Å². The molecule has 0 aliphatic heterocycles. The van der Waals surface area contributed by atoms with Crippen molar-refractivity contribution < 1.29 is 9.90 Å². The van der Waals surface area contributed by atoms with Gasteiger partial charge < -0.3 is 15.0 Å². The molecule has 1 aromatic heterocycles. The highest BCUT2D eigenvalue weighted by Gasteiger charge is 2.31. The number of carbonyl (C=O) groups excluding carboxylic acids is 1. The van der Waals surface area contributed by atoms with Crippen molar-refractivity contribution in [1.82, 2.24) is 14.9 Å². The van der Waals surface area contributed by atoms with E-state index in [0.29, 0.717) is 13.0 Å². The van der Waals surface area contributed by atoms with Gasteiger partial charge in [-0.05, 0) is 24.8 Å². The van der Waals surface area contributed by atoms with Gasteiger partial charge in [0.15, 0.2) is 0 Å². The Morgan fingerprint density at radius 2 is 2.13 bits per heavy atom. The first-order valence-electron chi connectivity index (χ1n) is 8.24. The molecular formula is C18H23N3O2. The molecule has 1 heterocycles. The first-order valence-corrected chi connectivity index (χ1v) is 8.24. The summed E-state index contributed by atoms with van der Waals surface area (Å²) in [4.78, 5) is 16.4. The smallest absolute Gasteiger partial charge is 0.225 e. The van der Waals surface area contributed by atoms with Crippen molar-refractivity contribution in [3.63, 3.8) is 0 Å². The van der Waals surface area contributed by atoms with Gasteiger partial charge in [0.2, 0.25) is 5.91 Å². The van der Waals surface area contributed by atoms with Gasteiger partial charge in [-0.2, -0.15) is 0 Å². The summed E-state index contributed by atoms with van der Waals surface area (Å²) in [7, 11) is 0. The number of rotatable bonds is 6. The van der Waals surface area contributed by atoms with Crippen LogP contribution in [0.1, 0.15) is 30.7 Å². The maximum Gasteiger partial charge on any atom is 0.225 e. The van der Waals surface area contributed by atoms with E-state index in [1.54, 1.807) is 6.20 Å². The molecule has 122 valence electrons. The molecule has 5 nitrogen and oxygen atoms in total. The Bertz CT molecular complexity index is 639. The van der Waals surface area contributed by atoms with Crippen LogP contribution in [-0.2, 0) is 17.8 Å². The molecule has 2 N–H and O–H groups in total. The van der Waals surface area contributed by atoms with E-state index in [1.165, 1.54) is 5.56 Å². The Kier molecular flexibility index (Phi) is 5.08. The molecule has 1 aliphatic carbocycles.